The lowest BCUT2D eigenvalue weighted by Gasteiger charge is -2.34. The quantitative estimate of drug-likeness (QED) is 0.760. The van der Waals surface area contributed by atoms with Crippen molar-refractivity contribution in [2.75, 3.05) is 31.1 Å². The predicted molar refractivity (Wildman–Crippen MR) is 97.4 cm³/mol. The molecule has 25 heavy (non-hydrogen) atoms. The van der Waals surface area contributed by atoms with Crippen molar-refractivity contribution in [1.82, 2.24) is 15.5 Å². The fourth-order valence-corrected chi connectivity index (χ4v) is 3.06. The fourth-order valence-electron chi connectivity index (χ4n) is 3.06. The third kappa shape index (κ3) is 5.77. The first kappa shape index (κ1) is 17.8. The second kappa shape index (κ2) is 9.46. The van der Waals surface area contributed by atoms with Crippen molar-refractivity contribution < 1.29 is 9.84 Å². The Labute approximate surface area is 148 Å². The van der Waals surface area contributed by atoms with Gasteiger partial charge in [-0.05, 0) is 30.5 Å². The van der Waals surface area contributed by atoms with E-state index in [9.17, 15) is 5.11 Å². The molecule has 0 unspecified atom stereocenters. The zero-order valence-corrected chi connectivity index (χ0v) is 14.4. The molecule has 1 saturated heterocycles. The highest BCUT2D eigenvalue weighted by molar-refractivity contribution is 5.37. The Kier molecular flexibility index (Phi) is 6.73. The SMILES string of the molecule is O[C@@H](CN[C@@H]1CCCN(c2cccnn2)C1)COCc1ccccc1. The Morgan fingerprint density at radius 3 is 2.92 bits per heavy atom. The van der Waals surface area contributed by atoms with Crippen LogP contribution in [0.1, 0.15) is 18.4 Å². The molecule has 2 N–H and O–H groups in total. The normalized spacial score (nSPS) is 18.9. The summed E-state index contributed by atoms with van der Waals surface area (Å²) in [5.74, 6) is 0.917. The number of piperidine rings is 1. The van der Waals surface area contributed by atoms with E-state index in [2.05, 4.69) is 20.4 Å². The van der Waals surface area contributed by atoms with Gasteiger partial charge in [0.05, 0.1) is 19.3 Å². The summed E-state index contributed by atoms with van der Waals surface area (Å²) in [7, 11) is 0. The summed E-state index contributed by atoms with van der Waals surface area (Å²) in [6.45, 7) is 3.29. The molecule has 0 spiro atoms. The van der Waals surface area contributed by atoms with E-state index in [4.69, 9.17) is 4.74 Å². The Balaban J connectivity index is 1.36. The van der Waals surface area contributed by atoms with Gasteiger partial charge in [0, 0.05) is 31.9 Å². The number of nitrogens with one attached hydrogen (secondary N) is 1. The van der Waals surface area contributed by atoms with Gasteiger partial charge in [-0.15, -0.1) is 5.10 Å². The standard InChI is InChI=1S/C19H26N4O2/c24-18(15-25-14-16-6-2-1-3-7-16)12-20-17-8-5-11-23(13-17)19-9-4-10-21-22-19/h1-4,6-7,9-10,17-18,20,24H,5,8,11-15H2/t17-,18+/m1/s1. The summed E-state index contributed by atoms with van der Waals surface area (Å²) in [6, 6.07) is 14.2. The van der Waals surface area contributed by atoms with Crippen LogP contribution >= 0.6 is 0 Å². The third-order valence-corrected chi connectivity index (χ3v) is 4.37. The van der Waals surface area contributed by atoms with Crippen LogP contribution in [-0.4, -0.2) is 53.7 Å². The Morgan fingerprint density at radius 2 is 2.12 bits per heavy atom. The molecule has 0 radical (unpaired) electrons. The minimum absolute atomic E-state index is 0.336. The molecular formula is C19H26N4O2. The van der Waals surface area contributed by atoms with Crippen molar-refractivity contribution in [2.45, 2.75) is 31.6 Å². The van der Waals surface area contributed by atoms with Crippen molar-refractivity contribution in [3.63, 3.8) is 0 Å². The van der Waals surface area contributed by atoms with Crippen molar-refractivity contribution >= 4 is 5.82 Å². The lowest BCUT2D eigenvalue weighted by atomic mass is 10.1. The number of aliphatic hydroxyl groups is 1. The number of aliphatic hydroxyl groups excluding tert-OH is 1. The maximum absolute atomic E-state index is 10.1. The molecule has 2 aromatic rings. The van der Waals surface area contributed by atoms with Gasteiger partial charge in [0.15, 0.2) is 5.82 Å². The van der Waals surface area contributed by atoms with Gasteiger partial charge < -0.3 is 20.1 Å². The largest absolute Gasteiger partial charge is 0.389 e. The summed E-state index contributed by atoms with van der Waals surface area (Å²) in [6.07, 6.45) is 3.40. The molecule has 0 amide bonds. The van der Waals surface area contributed by atoms with Crippen LogP contribution in [0, 0.1) is 0 Å². The van der Waals surface area contributed by atoms with Crippen LogP contribution in [0.4, 0.5) is 5.82 Å². The number of anilines is 1. The van der Waals surface area contributed by atoms with E-state index in [0.29, 0.717) is 25.8 Å². The monoisotopic (exact) mass is 342 g/mol. The van der Waals surface area contributed by atoms with Crippen LogP contribution in [0.5, 0.6) is 0 Å². The van der Waals surface area contributed by atoms with E-state index in [1.165, 1.54) is 0 Å². The van der Waals surface area contributed by atoms with Crippen LogP contribution in [0.2, 0.25) is 0 Å². The predicted octanol–water partition coefficient (Wildman–Crippen LogP) is 1.61. The van der Waals surface area contributed by atoms with Crippen molar-refractivity contribution in [3.8, 4) is 0 Å². The average molecular weight is 342 g/mol. The van der Waals surface area contributed by atoms with Crippen molar-refractivity contribution in [1.29, 1.82) is 0 Å². The average Bonchev–Trinajstić information content (AvgIpc) is 2.68. The number of rotatable bonds is 8. The highest BCUT2D eigenvalue weighted by atomic mass is 16.5. The van der Waals surface area contributed by atoms with Gasteiger partial charge in [-0.1, -0.05) is 30.3 Å². The number of aromatic nitrogens is 2. The lowest BCUT2D eigenvalue weighted by Crippen LogP contribution is -2.48. The second-order valence-corrected chi connectivity index (χ2v) is 6.43. The molecule has 1 aromatic heterocycles. The zero-order valence-electron chi connectivity index (χ0n) is 14.4. The summed E-state index contributed by atoms with van der Waals surface area (Å²) >= 11 is 0. The molecule has 2 atom stereocenters. The number of nitrogens with zero attached hydrogens (tertiary/aromatic N) is 3. The van der Waals surface area contributed by atoms with Gasteiger partial charge in [-0.2, -0.15) is 5.10 Å². The second-order valence-electron chi connectivity index (χ2n) is 6.43. The Bertz CT molecular complexity index is 611. The number of ether oxygens (including phenoxy) is 1. The first-order valence-electron chi connectivity index (χ1n) is 8.87. The van der Waals surface area contributed by atoms with Crippen LogP contribution in [0.3, 0.4) is 0 Å². The minimum atomic E-state index is -0.504. The molecule has 3 rings (SSSR count). The van der Waals surface area contributed by atoms with Crippen molar-refractivity contribution in [2.24, 2.45) is 0 Å². The van der Waals surface area contributed by atoms with Crippen LogP contribution in [0.25, 0.3) is 0 Å². The topological polar surface area (TPSA) is 70.5 Å². The van der Waals surface area contributed by atoms with Crippen LogP contribution in [0.15, 0.2) is 48.7 Å². The Hall–Kier alpha value is -2.02. The maximum atomic E-state index is 10.1. The Morgan fingerprint density at radius 1 is 1.24 bits per heavy atom. The summed E-state index contributed by atoms with van der Waals surface area (Å²) in [5.41, 5.74) is 1.12. The number of hydrogen-bond acceptors (Lipinski definition) is 6. The first-order valence-corrected chi connectivity index (χ1v) is 8.87. The molecular weight excluding hydrogens is 316 g/mol. The van der Waals surface area contributed by atoms with E-state index in [1.807, 2.05) is 42.5 Å². The van der Waals surface area contributed by atoms with Gasteiger partial charge in [0.25, 0.3) is 0 Å². The summed E-state index contributed by atoms with van der Waals surface area (Å²) < 4.78 is 5.59. The smallest absolute Gasteiger partial charge is 0.151 e. The highest BCUT2D eigenvalue weighted by Gasteiger charge is 2.21. The van der Waals surface area contributed by atoms with Gasteiger partial charge in [0.2, 0.25) is 0 Å². The van der Waals surface area contributed by atoms with Crippen LogP contribution in [-0.2, 0) is 11.3 Å². The minimum Gasteiger partial charge on any atom is -0.389 e. The van der Waals surface area contributed by atoms with E-state index in [0.717, 1.165) is 37.3 Å². The molecule has 1 aliphatic rings. The number of hydrogen-bond donors (Lipinski definition) is 2. The molecule has 1 aromatic carbocycles. The van der Waals surface area contributed by atoms with Gasteiger partial charge >= 0.3 is 0 Å². The molecule has 0 bridgehead atoms. The van der Waals surface area contributed by atoms with E-state index in [-0.39, 0.29) is 0 Å². The zero-order chi connectivity index (χ0) is 17.3. The van der Waals surface area contributed by atoms with E-state index in [1.54, 1.807) is 6.20 Å². The van der Waals surface area contributed by atoms with Crippen molar-refractivity contribution in [3.05, 3.63) is 54.2 Å². The lowest BCUT2D eigenvalue weighted by molar-refractivity contribution is 0.0274. The molecule has 2 heterocycles. The van der Waals surface area contributed by atoms with Crippen LogP contribution < -0.4 is 10.2 Å². The van der Waals surface area contributed by atoms with Gasteiger partial charge in [-0.25, -0.2) is 0 Å². The fraction of sp³-hybridized carbons (Fsp3) is 0.474. The highest BCUT2D eigenvalue weighted by Crippen LogP contribution is 2.16. The van der Waals surface area contributed by atoms with E-state index < -0.39 is 6.10 Å². The number of benzene rings is 1. The molecule has 1 fully saturated rings. The third-order valence-electron chi connectivity index (χ3n) is 4.37. The molecule has 6 nitrogen and oxygen atoms in total. The van der Waals surface area contributed by atoms with Gasteiger partial charge in [-0.3, -0.25) is 0 Å². The summed E-state index contributed by atoms with van der Waals surface area (Å²) in [4.78, 5) is 2.24. The molecule has 0 aliphatic carbocycles. The maximum Gasteiger partial charge on any atom is 0.151 e. The molecule has 6 heteroatoms. The molecule has 134 valence electrons. The summed E-state index contributed by atoms with van der Waals surface area (Å²) in [5, 5.41) is 21.7. The first-order chi connectivity index (χ1) is 12.3. The van der Waals surface area contributed by atoms with E-state index >= 15 is 0 Å². The molecule has 0 saturated carbocycles. The van der Waals surface area contributed by atoms with Gasteiger partial charge in [0.1, 0.15) is 0 Å². The molecule has 1 aliphatic heterocycles.